The van der Waals surface area contributed by atoms with Crippen LogP contribution in [-0.2, 0) is 0 Å². The van der Waals surface area contributed by atoms with E-state index in [4.69, 9.17) is 4.52 Å². The molecule has 0 aliphatic rings. The number of hydrogen-bond acceptors (Lipinski definition) is 4. The third-order valence-corrected chi connectivity index (χ3v) is 3.12. The summed E-state index contributed by atoms with van der Waals surface area (Å²) in [5.41, 5.74) is 1.71. The molecule has 0 bridgehead atoms. The van der Waals surface area contributed by atoms with Crippen molar-refractivity contribution >= 4 is 11.7 Å². The number of carbonyl (C=O) groups excluding carboxylic acids is 1. The minimum Gasteiger partial charge on any atom is -0.351 e. The van der Waals surface area contributed by atoms with Gasteiger partial charge in [-0.25, -0.2) is 0 Å². The Morgan fingerprint density at radius 2 is 2.16 bits per heavy atom. The third kappa shape index (κ3) is 3.01. The minimum atomic E-state index is -0.344. The van der Waals surface area contributed by atoms with Crippen molar-refractivity contribution in [3.05, 3.63) is 29.3 Å². The van der Waals surface area contributed by atoms with Crippen molar-refractivity contribution in [2.75, 3.05) is 5.32 Å². The van der Waals surface area contributed by atoms with Crippen molar-refractivity contribution in [1.82, 2.24) is 15.4 Å². The maximum absolute atomic E-state index is 11.8. The Labute approximate surface area is 111 Å². The van der Waals surface area contributed by atoms with Crippen molar-refractivity contribution in [3.8, 4) is 0 Å². The quantitative estimate of drug-likeness (QED) is 0.867. The summed E-state index contributed by atoms with van der Waals surface area (Å²) >= 11 is 0. The molecule has 6 nitrogen and oxygen atoms in total. The van der Waals surface area contributed by atoms with E-state index >= 15 is 0 Å². The summed E-state index contributed by atoms with van der Waals surface area (Å²) in [6.07, 6.45) is 2.07. The Morgan fingerprint density at radius 3 is 2.74 bits per heavy atom. The first-order chi connectivity index (χ1) is 9.13. The third-order valence-electron chi connectivity index (χ3n) is 3.12. The number of anilines is 1. The molecule has 6 heteroatoms. The van der Waals surface area contributed by atoms with Crippen LogP contribution in [0, 0.1) is 6.92 Å². The topological polar surface area (TPSA) is 83.8 Å². The number of aryl methyl sites for hydroxylation is 1. The van der Waals surface area contributed by atoms with Crippen molar-refractivity contribution in [3.63, 3.8) is 0 Å². The van der Waals surface area contributed by atoms with Crippen LogP contribution in [0.2, 0.25) is 0 Å². The molecule has 0 saturated carbocycles. The highest BCUT2D eigenvalue weighted by molar-refractivity contribution is 6.01. The first kappa shape index (κ1) is 13.3. The van der Waals surface area contributed by atoms with Gasteiger partial charge in [-0.2, -0.15) is 5.10 Å². The van der Waals surface area contributed by atoms with Gasteiger partial charge in [0.05, 0.1) is 5.69 Å². The summed E-state index contributed by atoms with van der Waals surface area (Å²) in [7, 11) is 0. The number of nitrogens with zero attached hydrogens (tertiary/aromatic N) is 2. The van der Waals surface area contributed by atoms with E-state index in [1.54, 1.807) is 13.0 Å². The maximum Gasteiger partial charge on any atom is 0.295 e. The molecule has 2 N–H and O–H groups in total. The fourth-order valence-electron chi connectivity index (χ4n) is 1.99. The molecule has 1 amide bonds. The van der Waals surface area contributed by atoms with Crippen LogP contribution in [0.3, 0.4) is 0 Å². The van der Waals surface area contributed by atoms with Crippen LogP contribution in [0.15, 0.2) is 16.7 Å². The zero-order valence-corrected chi connectivity index (χ0v) is 11.4. The second-order valence-corrected chi connectivity index (χ2v) is 4.51. The lowest BCUT2D eigenvalue weighted by atomic mass is 10.00. The Kier molecular flexibility index (Phi) is 3.99. The number of amides is 1. The van der Waals surface area contributed by atoms with Crippen LogP contribution in [0.4, 0.5) is 5.82 Å². The van der Waals surface area contributed by atoms with Crippen molar-refractivity contribution in [2.24, 2.45) is 0 Å². The highest BCUT2D eigenvalue weighted by atomic mass is 16.5. The lowest BCUT2D eigenvalue weighted by molar-refractivity contribution is 0.0987. The van der Waals surface area contributed by atoms with Crippen molar-refractivity contribution < 1.29 is 9.32 Å². The first-order valence-electron chi connectivity index (χ1n) is 6.44. The summed E-state index contributed by atoms with van der Waals surface area (Å²) < 4.78 is 4.89. The van der Waals surface area contributed by atoms with Gasteiger partial charge >= 0.3 is 0 Å². The van der Waals surface area contributed by atoms with Crippen LogP contribution < -0.4 is 5.32 Å². The predicted octanol–water partition coefficient (Wildman–Crippen LogP) is 2.86. The van der Waals surface area contributed by atoms with Gasteiger partial charge in [-0.15, -0.1) is 0 Å². The summed E-state index contributed by atoms with van der Waals surface area (Å²) in [5.74, 6) is 0.777. The number of hydrogen-bond donors (Lipinski definition) is 2. The zero-order chi connectivity index (χ0) is 13.8. The molecule has 0 aliphatic carbocycles. The average Bonchev–Trinajstić information content (AvgIpc) is 3.00. The first-order valence-corrected chi connectivity index (χ1v) is 6.44. The summed E-state index contributed by atoms with van der Waals surface area (Å²) in [4.78, 5) is 11.8. The van der Waals surface area contributed by atoms with Crippen molar-refractivity contribution in [2.45, 2.75) is 39.5 Å². The van der Waals surface area contributed by atoms with Crippen molar-refractivity contribution in [1.29, 1.82) is 0 Å². The second kappa shape index (κ2) is 5.69. The van der Waals surface area contributed by atoms with Gasteiger partial charge < -0.3 is 9.84 Å². The van der Waals surface area contributed by atoms with Gasteiger partial charge in [0.2, 0.25) is 5.76 Å². The highest BCUT2D eigenvalue weighted by Gasteiger charge is 2.15. The molecular weight excluding hydrogens is 244 g/mol. The largest absolute Gasteiger partial charge is 0.351 e. The molecular formula is C13H18N4O2. The number of carbonyl (C=O) groups is 1. The molecule has 0 aliphatic heterocycles. The number of rotatable bonds is 5. The molecule has 102 valence electrons. The van der Waals surface area contributed by atoms with E-state index in [0.717, 1.165) is 18.5 Å². The summed E-state index contributed by atoms with van der Waals surface area (Å²) in [6, 6.07) is 3.45. The molecule has 0 saturated heterocycles. The normalized spacial score (nSPS) is 10.9. The van der Waals surface area contributed by atoms with Crippen LogP contribution in [0.25, 0.3) is 0 Å². The molecule has 0 aromatic carbocycles. The van der Waals surface area contributed by atoms with E-state index < -0.39 is 0 Å². The van der Waals surface area contributed by atoms with Gasteiger partial charge in [-0.05, 0) is 19.8 Å². The van der Waals surface area contributed by atoms with Gasteiger partial charge in [0.1, 0.15) is 0 Å². The molecule has 0 atom stereocenters. The SMILES string of the molecule is CCC(CC)c1cc(NC(=O)c2cc(C)no2)n[nH]1. The smallest absolute Gasteiger partial charge is 0.295 e. The maximum atomic E-state index is 11.8. The fraction of sp³-hybridized carbons (Fsp3) is 0.462. The Hall–Kier alpha value is -2.11. The van der Waals surface area contributed by atoms with Gasteiger partial charge in [-0.1, -0.05) is 19.0 Å². The van der Waals surface area contributed by atoms with Crippen LogP contribution in [0.1, 0.15) is 54.5 Å². The molecule has 2 rings (SSSR count). The van der Waals surface area contributed by atoms with Gasteiger partial charge in [0.25, 0.3) is 5.91 Å². The number of nitrogens with one attached hydrogen (secondary N) is 2. The molecule has 0 radical (unpaired) electrons. The van der Waals surface area contributed by atoms with E-state index in [2.05, 4.69) is 34.5 Å². The number of H-pyrrole nitrogens is 1. The zero-order valence-electron chi connectivity index (χ0n) is 11.4. The Bertz CT molecular complexity index is 554. The predicted molar refractivity (Wildman–Crippen MR) is 71.1 cm³/mol. The van der Waals surface area contributed by atoms with Gasteiger partial charge in [-0.3, -0.25) is 9.89 Å². The van der Waals surface area contributed by atoms with E-state index in [-0.39, 0.29) is 11.7 Å². The minimum absolute atomic E-state index is 0.185. The molecule has 0 spiro atoms. The van der Waals surface area contributed by atoms with E-state index in [1.165, 1.54) is 0 Å². The van der Waals surface area contributed by atoms with Gasteiger partial charge in [0.15, 0.2) is 5.82 Å². The fourth-order valence-corrected chi connectivity index (χ4v) is 1.99. The monoisotopic (exact) mass is 262 g/mol. The molecule has 2 aromatic heterocycles. The number of aromatic amines is 1. The Morgan fingerprint density at radius 1 is 1.42 bits per heavy atom. The number of aromatic nitrogens is 3. The average molecular weight is 262 g/mol. The van der Waals surface area contributed by atoms with Crippen LogP contribution in [-0.4, -0.2) is 21.3 Å². The van der Waals surface area contributed by atoms with Crippen LogP contribution in [0.5, 0.6) is 0 Å². The summed E-state index contributed by atoms with van der Waals surface area (Å²) in [6.45, 7) is 6.02. The standard InChI is InChI=1S/C13H18N4O2/c1-4-9(5-2)10-7-12(16-15-10)14-13(18)11-6-8(3)17-19-11/h6-7,9H,4-5H2,1-3H3,(H2,14,15,16,18). The molecule has 0 unspecified atom stereocenters. The van der Waals surface area contributed by atoms with Gasteiger partial charge in [0, 0.05) is 23.7 Å². The van der Waals surface area contributed by atoms with E-state index in [9.17, 15) is 4.79 Å². The molecule has 19 heavy (non-hydrogen) atoms. The molecule has 2 heterocycles. The lowest BCUT2D eigenvalue weighted by Crippen LogP contribution is -2.11. The lowest BCUT2D eigenvalue weighted by Gasteiger charge is -2.07. The summed E-state index contributed by atoms with van der Waals surface area (Å²) in [5, 5.41) is 13.4. The van der Waals surface area contributed by atoms with E-state index in [0.29, 0.717) is 17.4 Å². The molecule has 2 aromatic rings. The molecule has 0 fully saturated rings. The highest BCUT2D eigenvalue weighted by Crippen LogP contribution is 2.22. The second-order valence-electron chi connectivity index (χ2n) is 4.51. The Balaban J connectivity index is 2.06. The van der Waals surface area contributed by atoms with Crippen LogP contribution >= 0.6 is 0 Å². The van der Waals surface area contributed by atoms with E-state index in [1.807, 2.05) is 6.07 Å².